The van der Waals surface area contributed by atoms with Gasteiger partial charge >= 0.3 is 11.9 Å². The molecule has 0 aromatic heterocycles. The van der Waals surface area contributed by atoms with Gasteiger partial charge in [-0.05, 0) is 13.3 Å². The predicted octanol–water partition coefficient (Wildman–Crippen LogP) is -1.83. The van der Waals surface area contributed by atoms with E-state index in [1.807, 2.05) is 0 Å². The number of carboxylic acid groups (broad SMARTS) is 2. The fourth-order valence-corrected chi connectivity index (χ4v) is 1.95. The van der Waals surface area contributed by atoms with Crippen molar-refractivity contribution in [2.45, 2.75) is 31.9 Å². The second kappa shape index (κ2) is 10.2. The van der Waals surface area contributed by atoms with Gasteiger partial charge in [0, 0.05) is 6.42 Å². The molecule has 0 bridgehead atoms. The van der Waals surface area contributed by atoms with Gasteiger partial charge in [0.2, 0.25) is 0 Å². The van der Waals surface area contributed by atoms with Gasteiger partial charge in [-0.25, -0.2) is 0 Å². The summed E-state index contributed by atoms with van der Waals surface area (Å²) in [6.45, 7) is 1.16. The molecule has 9 nitrogen and oxygen atoms in total. The van der Waals surface area contributed by atoms with E-state index in [4.69, 9.17) is 15.6 Å². The van der Waals surface area contributed by atoms with Gasteiger partial charge in [0.05, 0.1) is 33.0 Å². The summed E-state index contributed by atoms with van der Waals surface area (Å²) in [6, 6.07) is -1.22. The summed E-state index contributed by atoms with van der Waals surface area (Å²) >= 11 is 0. The molecule has 0 saturated heterocycles. The minimum absolute atomic E-state index is 0. The number of hydrogen-bond acceptors (Lipinski definition) is 7. The summed E-state index contributed by atoms with van der Waals surface area (Å²) in [5.74, 6) is -5.95. The molecule has 0 amide bonds. The van der Waals surface area contributed by atoms with Crippen LogP contribution in [0.25, 0.3) is 0 Å². The molecule has 0 fully saturated rings. The van der Waals surface area contributed by atoms with Crippen molar-refractivity contribution in [3.8, 4) is 0 Å². The number of hydrogen-bond donors (Lipinski definition) is 2. The Balaban J connectivity index is 0. The van der Waals surface area contributed by atoms with E-state index in [1.165, 1.54) is 0 Å². The molecule has 3 N–H and O–H groups in total. The van der Waals surface area contributed by atoms with Crippen LogP contribution in [-0.2, 0) is 23.9 Å². The Bertz CT molecular complexity index is 462. The summed E-state index contributed by atoms with van der Waals surface area (Å²) in [5, 5.41) is 19.8. The average molecular weight is 369 g/mol. The van der Waals surface area contributed by atoms with E-state index in [0.29, 0.717) is 0 Å². The molecular formula is C14H25ClN2O7. The van der Waals surface area contributed by atoms with E-state index in [-0.39, 0.29) is 36.3 Å². The highest BCUT2D eigenvalue weighted by atomic mass is 35.5. The van der Waals surface area contributed by atoms with E-state index >= 15 is 0 Å². The molecule has 0 rings (SSSR count). The second-order valence-corrected chi connectivity index (χ2v) is 6.39. The predicted molar refractivity (Wildman–Crippen MR) is 84.1 cm³/mol. The first-order chi connectivity index (χ1) is 10.3. The van der Waals surface area contributed by atoms with Gasteiger partial charge in [0.25, 0.3) is 0 Å². The third-order valence-electron chi connectivity index (χ3n) is 3.05. The van der Waals surface area contributed by atoms with E-state index in [2.05, 4.69) is 0 Å². The van der Waals surface area contributed by atoms with Crippen molar-refractivity contribution in [2.24, 2.45) is 11.7 Å². The normalized spacial score (nSPS) is 14.7. The van der Waals surface area contributed by atoms with Gasteiger partial charge in [-0.3, -0.25) is 14.4 Å². The number of Topliss-reactive ketones (excluding diaryl/α,β-unsaturated/α-hetero) is 1. The number of nitrogens with two attached hydrogens (primary N) is 1. The van der Waals surface area contributed by atoms with Crippen molar-refractivity contribution >= 4 is 36.1 Å². The standard InChI is InChI=1S/C14H24N2O7.ClH/c1-8(17)12(14(21)22)10(7-16(2,3)4)23-11(18)6-5-9(15)13(19)20;/h9-10,12H,5-7,15H2,1-4H3,(H-,19,20,21,22);1H/t9-,10?,12?;/m0./s1. The molecule has 0 heterocycles. The number of carbonyl (C=O) groups is 4. The monoisotopic (exact) mass is 368 g/mol. The molecule has 2 unspecified atom stereocenters. The molecule has 0 saturated carbocycles. The highest BCUT2D eigenvalue weighted by Crippen LogP contribution is 2.14. The molecule has 3 atom stereocenters. The third kappa shape index (κ3) is 9.43. The van der Waals surface area contributed by atoms with Crippen LogP contribution in [0.5, 0.6) is 0 Å². The average Bonchev–Trinajstić information content (AvgIpc) is 2.32. The van der Waals surface area contributed by atoms with Crippen LogP contribution in [0, 0.1) is 5.92 Å². The Morgan fingerprint density at radius 1 is 1.21 bits per heavy atom. The smallest absolute Gasteiger partial charge is 0.320 e. The van der Waals surface area contributed by atoms with Crippen LogP contribution in [0.2, 0.25) is 0 Å². The molecule has 0 aliphatic heterocycles. The fourth-order valence-electron chi connectivity index (χ4n) is 1.95. The largest absolute Gasteiger partial charge is 0.549 e. The number of quaternary nitrogens is 1. The van der Waals surface area contributed by atoms with Crippen molar-refractivity contribution in [3.05, 3.63) is 0 Å². The van der Waals surface area contributed by atoms with Crippen molar-refractivity contribution in [3.63, 3.8) is 0 Å². The number of halogens is 1. The van der Waals surface area contributed by atoms with E-state index in [0.717, 1.165) is 6.92 Å². The number of aliphatic carboxylic acids is 2. The van der Waals surface area contributed by atoms with Crippen LogP contribution in [0.3, 0.4) is 0 Å². The summed E-state index contributed by atoms with van der Waals surface area (Å²) in [7, 11) is 5.23. The Labute approximate surface area is 146 Å². The van der Waals surface area contributed by atoms with Gasteiger partial charge in [0.1, 0.15) is 18.4 Å². The Hall–Kier alpha value is -1.71. The number of nitrogens with zero attached hydrogens (tertiary/aromatic N) is 1. The minimum atomic E-state index is -1.62. The summed E-state index contributed by atoms with van der Waals surface area (Å²) in [5.41, 5.74) is 5.28. The summed E-state index contributed by atoms with van der Waals surface area (Å²) < 4.78 is 5.35. The molecule has 140 valence electrons. The van der Waals surface area contributed by atoms with Gasteiger partial charge in [-0.2, -0.15) is 0 Å². The maximum atomic E-state index is 11.8. The van der Waals surface area contributed by atoms with Crippen molar-refractivity contribution in [2.75, 3.05) is 27.7 Å². The van der Waals surface area contributed by atoms with Crippen LogP contribution in [0.15, 0.2) is 0 Å². The van der Waals surface area contributed by atoms with Crippen LogP contribution in [-0.4, -0.2) is 73.1 Å². The summed E-state index contributed by atoms with van der Waals surface area (Å²) in [4.78, 5) is 45.1. The zero-order chi connectivity index (χ0) is 18.4. The molecule has 0 aromatic rings. The van der Waals surface area contributed by atoms with E-state index in [1.54, 1.807) is 21.1 Å². The number of ether oxygens (including phenoxy) is 1. The van der Waals surface area contributed by atoms with Crippen LogP contribution >= 0.6 is 12.4 Å². The lowest BCUT2D eigenvalue weighted by molar-refractivity contribution is -0.873. The molecule has 0 aromatic carbocycles. The third-order valence-corrected chi connectivity index (χ3v) is 3.05. The molecule has 10 heteroatoms. The number of carboxylic acids is 2. The number of rotatable bonds is 10. The number of likely N-dealkylation sites (N-methyl/N-ethyl adjacent to an activating group) is 1. The Morgan fingerprint density at radius 2 is 1.71 bits per heavy atom. The minimum Gasteiger partial charge on any atom is -0.549 e. The SMILES string of the molecule is CC(=O)C(C(=O)[O-])C(C[N+](C)(C)C)OC(=O)CC[C@H](N)C(=O)O.Cl. The van der Waals surface area contributed by atoms with Crippen LogP contribution in [0.1, 0.15) is 19.8 Å². The molecular weight excluding hydrogens is 344 g/mol. The Kier molecular flexibility index (Phi) is 10.4. The van der Waals surface area contributed by atoms with Gasteiger partial charge in [-0.1, -0.05) is 0 Å². The lowest BCUT2D eigenvalue weighted by atomic mass is 9.97. The number of esters is 1. The first kappa shape index (κ1) is 24.5. The molecule has 0 aliphatic rings. The molecule has 0 spiro atoms. The highest BCUT2D eigenvalue weighted by molar-refractivity contribution is 5.97. The fraction of sp³-hybridized carbons (Fsp3) is 0.714. The van der Waals surface area contributed by atoms with Crippen molar-refractivity contribution in [1.82, 2.24) is 0 Å². The highest BCUT2D eigenvalue weighted by Gasteiger charge is 2.34. The van der Waals surface area contributed by atoms with E-state index in [9.17, 15) is 24.3 Å². The molecule has 0 radical (unpaired) electrons. The van der Waals surface area contributed by atoms with E-state index < -0.39 is 41.8 Å². The van der Waals surface area contributed by atoms with Gasteiger partial charge in [0.15, 0.2) is 6.10 Å². The zero-order valence-electron chi connectivity index (χ0n) is 14.2. The molecule has 24 heavy (non-hydrogen) atoms. The quantitative estimate of drug-likeness (QED) is 0.260. The lowest BCUT2D eigenvalue weighted by Gasteiger charge is -2.32. The summed E-state index contributed by atoms with van der Waals surface area (Å²) in [6.07, 6.45) is -1.65. The zero-order valence-corrected chi connectivity index (χ0v) is 15.0. The van der Waals surface area contributed by atoms with Gasteiger partial charge in [-0.15, -0.1) is 12.4 Å². The number of ketones is 1. The second-order valence-electron chi connectivity index (χ2n) is 6.39. The maximum absolute atomic E-state index is 11.8. The van der Waals surface area contributed by atoms with Crippen LogP contribution in [0.4, 0.5) is 0 Å². The van der Waals surface area contributed by atoms with Crippen molar-refractivity contribution < 1.29 is 38.6 Å². The first-order valence-electron chi connectivity index (χ1n) is 7.04. The molecule has 0 aliphatic carbocycles. The van der Waals surface area contributed by atoms with Crippen molar-refractivity contribution in [1.29, 1.82) is 0 Å². The Morgan fingerprint density at radius 3 is 2.04 bits per heavy atom. The number of carbonyl (C=O) groups excluding carboxylic acids is 3. The lowest BCUT2D eigenvalue weighted by Crippen LogP contribution is -2.52. The van der Waals surface area contributed by atoms with Gasteiger partial charge < -0.3 is 30.0 Å². The maximum Gasteiger partial charge on any atom is 0.320 e. The van der Waals surface area contributed by atoms with Crippen LogP contribution < -0.4 is 10.8 Å². The first-order valence-corrected chi connectivity index (χ1v) is 7.04. The topological polar surface area (TPSA) is 147 Å².